The first-order valence-corrected chi connectivity index (χ1v) is 10.0. The van der Waals surface area contributed by atoms with Gasteiger partial charge in [0.15, 0.2) is 6.61 Å². The van der Waals surface area contributed by atoms with Crippen LogP contribution in [0.3, 0.4) is 0 Å². The Labute approximate surface area is 163 Å². The van der Waals surface area contributed by atoms with Crippen LogP contribution in [0.2, 0.25) is 0 Å². The summed E-state index contributed by atoms with van der Waals surface area (Å²) in [5, 5.41) is 5.08. The quantitative estimate of drug-likeness (QED) is 0.490. The maximum absolute atomic E-state index is 12.3. The van der Waals surface area contributed by atoms with Gasteiger partial charge in [0.05, 0.1) is 18.2 Å². The number of hydrogen-bond donors (Lipinski definition) is 2. The second-order valence-electron chi connectivity index (χ2n) is 6.52. The lowest BCUT2D eigenvalue weighted by atomic mass is 10.2. The van der Waals surface area contributed by atoms with E-state index in [1.807, 2.05) is 26.0 Å². The molecule has 27 heavy (non-hydrogen) atoms. The van der Waals surface area contributed by atoms with Gasteiger partial charge in [-0.15, -0.1) is 11.8 Å². The predicted molar refractivity (Wildman–Crippen MR) is 103 cm³/mol. The van der Waals surface area contributed by atoms with Gasteiger partial charge in [-0.1, -0.05) is 12.1 Å². The third kappa shape index (κ3) is 7.60. The third-order valence-corrected chi connectivity index (χ3v) is 4.99. The smallest absolute Gasteiger partial charge is 0.339 e. The zero-order valence-corrected chi connectivity index (χ0v) is 16.5. The van der Waals surface area contributed by atoms with Crippen molar-refractivity contribution in [2.45, 2.75) is 43.7 Å². The van der Waals surface area contributed by atoms with Crippen LogP contribution in [-0.4, -0.2) is 55.4 Å². The topological polar surface area (TPSA) is 93.7 Å². The fourth-order valence-corrected chi connectivity index (χ4v) is 3.64. The summed E-state index contributed by atoms with van der Waals surface area (Å²) in [5.74, 6) is -0.602. The molecule has 1 aromatic carbocycles. The lowest BCUT2D eigenvalue weighted by Gasteiger charge is -2.12. The van der Waals surface area contributed by atoms with Gasteiger partial charge in [-0.2, -0.15) is 0 Å². The standard InChI is InChI=1S/C19H26N2O5S/c1-13(2)21-17(22)10-20-18(23)11-26-19(24)15-7-3-4-8-16(15)27-12-14-6-5-9-25-14/h3-4,7-8,13-14H,5-6,9-12H2,1-2H3,(H,20,23)(H,21,22)/t14-/m0/s1. The van der Waals surface area contributed by atoms with Gasteiger partial charge in [0, 0.05) is 23.3 Å². The van der Waals surface area contributed by atoms with Gasteiger partial charge in [0.2, 0.25) is 5.91 Å². The van der Waals surface area contributed by atoms with Crippen LogP contribution in [0.4, 0.5) is 0 Å². The van der Waals surface area contributed by atoms with Crippen LogP contribution in [-0.2, 0) is 19.1 Å². The van der Waals surface area contributed by atoms with Crippen LogP contribution < -0.4 is 10.6 Å². The number of carbonyl (C=O) groups excluding carboxylic acids is 3. The van der Waals surface area contributed by atoms with Gasteiger partial charge < -0.3 is 20.1 Å². The molecule has 0 aliphatic carbocycles. The van der Waals surface area contributed by atoms with Gasteiger partial charge in [-0.3, -0.25) is 9.59 Å². The molecule has 1 aromatic rings. The van der Waals surface area contributed by atoms with Crippen molar-refractivity contribution in [1.29, 1.82) is 0 Å². The molecule has 7 nitrogen and oxygen atoms in total. The highest BCUT2D eigenvalue weighted by atomic mass is 32.2. The maximum Gasteiger partial charge on any atom is 0.339 e. The van der Waals surface area contributed by atoms with E-state index in [0.29, 0.717) is 5.56 Å². The van der Waals surface area contributed by atoms with E-state index in [2.05, 4.69) is 10.6 Å². The number of amides is 2. The minimum atomic E-state index is -0.563. The Bertz CT molecular complexity index is 659. The monoisotopic (exact) mass is 394 g/mol. The first-order valence-electron chi connectivity index (χ1n) is 9.02. The largest absolute Gasteiger partial charge is 0.452 e. The molecule has 1 aliphatic rings. The highest BCUT2D eigenvalue weighted by Crippen LogP contribution is 2.27. The van der Waals surface area contributed by atoms with Crippen molar-refractivity contribution in [3.8, 4) is 0 Å². The summed E-state index contributed by atoms with van der Waals surface area (Å²) >= 11 is 1.55. The lowest BCUT2D eigenvalue weighted by Crippen LogP contribution is -2.41. The minimum absolute atomic E-state index is 0.00383. The van der Waals surface area contributed by atoms with Crippen LogP contribution in [0.25, 0.3) is 0 Å². The van der Waals surface area contributed by atoms with Crippen molar-refractivity contribution in [3.05, 3.63) is 29.8 Å². The summed E-state index contributed by atoms with van der Waals surface area (Å²) in [6.45, 7) is 3.87. The number of thioether (sulfide) groups is 1. The molecular formula is C19H26N2O5S. The van der Waals surface area contributed by atoms with E-state index in [4.69, 9.17) is 9.47 Å². The van der Waals surface area contributed by atoms with Gasteiger partial charge in [-0.25, -0.2) is 4.79 Å². The first kappa shape index (κ1) is 21.2. The SMILES string of the molecule is CC(C)NC(=O)CNC(=O)COC(=O)c1ccccc1SC[C@@H]1CCCO1. The van der Waals surface area contributed by atoms with Crippen molar-refractivity contribution in [1.82, 2.24) is 10.6 Å². The Kier molecular flexibility index (Phi) is 8.60. The van der Waals surface area contributed by atoms with E-state index in [-0.39, 0.29) is 24.6 Å². The highest BCUT2D eigenvalue weighted by molar-refractivity contribution is 7.99. The normalized spacial score (nSPS) is 16.2. The molecule has 1 heterocycles. The van der Waals surface area contributed by atoms with Crippen LogP contribution in [0, 0.1) is 0 Å². The van der Waals surface area contributed by atoms with E-state index in [0.717, 1.165) is 30.1 Å². The predicted octanol–water partition coefficient (Wildman–Crippen LogP) is 1.76. The minimum Gasteiger partial charge on any atom is -0.452 e. The molecule has 1 aliphatic heterocycles. The average Bonchev–Trinajstić information content (AvgIpc) is 3.16. The molecule has 0 aromatic heterocycles. The second kappa shape index (κ2) is 10.9. The van der Waals surface area contributed by atoms with E-state index >= 15 is 0 Å². The molecule has 1 atom stereocenters. The fourth-order valence-electron chi connectivity index (χ4n) is 2.53. The molecule has 1 fully saturated rings. The lowest BCUT2D eigenvalue weighted by molar-refractivity contribution is -0.128. The van der Waals surface area contributed by atoms with Crippen molar-refractivity contribution in [3.63, 3.8) is 0 Å². The average molecular weight is 394 g/mol. The van der Waals surface area contributed by atoms with Gasteiger partial charge in [0.25, 0.3) is 5.91 Å². The fraction of sp³-hybridized carbons (Fsp3) is 0.526. The Morgan fingerprint density at radius 2 is 2.04 bits per heavy atom. The van der Waals surface area contributed by atoms with Crippen molar-refractivity contribution in [2.24, 2.45) is 0 Å². The molecule has 2 amide bonds. The van der Waals surface area contributed by atoms with Crippen LogP contribution in [0.1, 0.15) is 37.0 Å². The first-order chi connectivity index (χ1) is 13.0. The molecule has 1 saturated heterocycles. The molecule has 0 unspecified atom stereocenters. The van der Waals surface area contributed by atoms with Crippen molar-refractivity contribution in [2.75, 3.05) is 25.5 Å². The maximum atomic E-state index is 12.3. The van der Waals surface area contributed by atoms with Crippen molar-refractivity contribution >= 4 is 29.5 Å². The Balaban J connectivity index is 1.79. The van der Waals surface area contributed by atoms with Gasteiger partial charge in [-0.05, 0) is 38.8 Å². The molecular weight excluding hydrogens is 368 g/mol. The Morgan fingerprint density at radius 3 is 2.74 bits per heavy atom. The molecule has 0 radical (unpaired) electrons. The summed E-state index contributed by atoms with van der Waals surface area (Å²) < 4.78 is 10.7. The van der Waals surface area contributed by atoms with Crippen LogP contribution >= 0.6 is 11.8 Å². The number of hydrogen-bond acceptors (Lipinski definition) is 6. The number of rotatable bonds is 9. The molecule has 8 heteroatoms. The van der Waals surface area contributed by atoms with E-state index < -0.39 is 18.5 Å². The Morgan fingerprint density at radius 1 is 1.26 bits per heavy atom. The summed E-state index contributed by atoms with van der Waals surface area (Å²) in [6, 6.07) is 7.13. The summed E-state index contributed by atoms with van der Waals surface area (Å²) in [5.41, 5.74) is 0.422. The van der Waals surface area contributed by atoms with E-state index in [9.17, 15) is 14.4 Å². The van der Waals surface area contributed by atoms with Gasteiger partial charge in [0.1, 0.15) is 0 Å². The molecule has 148 valence electrons. The van der Waals surface area contributed by atoms with Crippen LogP contribution in [0.15, 0.2) is 29.2 Å². The molecule has 0 bridgehead atoms. The van der Waals surface area contributed by atoms with E-state index in [1.54, 1.807) is 23.9 Å². The number of carbonyl (C=O) groups is 3. The molecule has 0 saturated carbocycles. The number of esters is 1. The molecule has 2 rings (SSSR count). The summed E-state index contributed by atoms with van der Waals surface area (Å²) in [7, 11) is 0. The van der Waals surface area contributed by atoms with Gasteiger partial charge >= 0.3 is 5.97 Å². The zero-order chi connectivity index (χ0) is 19.6. The van der Waals surface area contributed by atoms with Crippen LogP contribution in [0.5, 0.6) is 0 Å². The van der Waals surface area contributed by atoms with Crippen molar-refractivity contribution < 1.29 is 23.9 Å². The summed E-state index contributed by atoms with van der Waals surface area (Å²) in [4.78, 5) is 36.4. The Hall–Kier alpha value is -2.06. The zero-order valence-electron chi connectivity index (χ0n) is 15.7. The number of nitrogens with one attached hydrogen (secondary N) is 2. The van der Waals surface area contributed by atoms with E-state index in [1.165, 1.54) is 0 Å². The third-order valence-electron chi connectivity index (χ3n) is 3.79. The second-order valence-corrected chi connectivity index (χ2v) is 7.58. The number of ether oxygens (including phenoxy) is 2. The molecule has 0 spiro atoms. The molecule has 2 N–H and O–H groups in total. The highest BCUT2D eigenvalue weighted by Gasteiger charge is 2.19. The summed E-state index contributed by atoms with van der Waals surface area (Å²) in [6.07, 6.45) is 2.31. The number of benzene rings is 1.